The molecule has 21 heavy (non-hydrogen) atoms. The molecule has 1 aliphatic heterocycles. The van der Waals surface area contributed by atoms with Crippen molar-refractivity contribution in [2.75, 3.05) is 26.7 Å². The molecule has 0 aromatic heterocycles. The summed E-state index contributed by atoms with van der Waals surface area (Å²) in [5, 5.41) is 3.36. The summed E-state index contributed by atoms with van der Waals surface area (Å²) >= 11 is 0. The monoisotopic (exact) mass is 290 g/mol. The van der Waals surface area contributed by atoms with Crippen LogP contribution in [-0.2, 0) is 0 Å². The molecule has 118 valence electrons. The Morgan fingerprint density at radius 2 is 2.00 bits per heavy atom. The molecule has 1 N–H and O–H groups in total. The molecule has 1 aromatic rings. The number of ether oxygens (including phenoxy) is 1. The van der Waals surface area contributed by atoms with Gasteiger partial charge < -0.3 is 10.1 Å². The minimum atomic E-state index is 0.526. The van der Waals surface area contributed by atoms with Crippen LogP contribution in [-0.4, -0.2) is 37.7 Å². The molecular weight excluding hydrogens is 260 g/mol. The van der Waals surface area contributed by atoms with Crippen molar-refractivity contribution >= 4 is 0 Å². The Balaban J connectivity index is 2.14. The Bertz CT molecular complexity index is 416. The highest BCUT2D eigenvalue weighted by atomic mass is 16.5. The molecule has 1 heterocycles. The summed E-state index contributed by atoms with van der Waals surface area (Å²) in [6.45, 7) is 9.81. The fourth-order valence-electron chi connectivity index (χ4n) is 3.38. The van der Waals surface area contributed by atoms with Gasteiger partial charge in [-0.3, -0.25) is 4.90 Å². The first-order chi connectivity index (χ1) is 10.2. The predicted octanol–water partition coefficient (Wildman–Crippen LogP) is 3.47. The Morgan fingerprint density at radius 1 is 1.29 bits per heavy atom. The molecule has 0 saturated carbocycles. The normalized spacial score (nSPS) is 22.9. The van der Waals surface area contributed by atoms with E-state index in [-0.39, 0.29) is 0 Å². The minimum Gasteiger partial charge on any atom is -0.494 e. The topological polar surface area (TPSA) is 24.5 Å². The van der Waals surface area contributed by atoms with Gasteiger partial charge in [0, 0.05) is 12.1 Å². The van der Waals surface area contributed by atoms with E-state index in [4.69, 9.17) is 4.74 Å². The summed E-state index contributed by atoms with van der Waals surface area (Å²) in [6.07, 6.45) is 2.33. The number of likely N-dealkylation sites (tertiary alicyclic amines) is 1. The highest BCUT2D eigenvalue weighted by Crippen LogP contribution is 2.38. The maximum Gasteiger partial charge on any atom is 0.119 e. The Hall–Kier alpha value is -1.06. The van der Waals surface area contributed by atoms with Crippen LogP contribution < -0.4 is 10.1 Å². The molecule has 2 unspecified atom stereocenters. The van der Waals surface area contributed by atoms with Gasteiger partial charge in [-0.05, 0) is 70.4 Å². The van der Waals surface area contributed by atoms with Crippen molar-refractivity contribution < 1.29 is 4.74 Å². The van der Waals surface area contributed by atoms with Gasteiger partial charge >= 0.3 is 0 Å². The van der Waals surface area contributed by atoms with E-state index in [0.29, 0.717) is 18.0 Å². The van der Waals surface area contributed by atoms with Gasteiger partial charge in [0.1, 0.15) is 5.75 Å². The van der Waals surface area contributed by atoms with Gasteiger partial charge in [0.2, 0.25) is 0 Å². The molecule has 0 spiro atoms. The predicted molar refractivity (Wildman–Crippen MR) is 88.8 cm³/mol. The van der Waals surface area contributed by atoms with E-state index in [1.165, 1.54) is 18.5 Å². The average molecular weight is 290 g/mol. The van der Waals surface area contributed by atoms with Crippen molar-refractivity contribution in [1.29, 1.82) is 0 Å². The van der Waals surface area contributed by atoms with Crippen LogP contribution in [0.5, 0.6) is 5.75 Å². The number of hydrogen-bond donors (Lipinski definition) is 1. The van der Waals surface area contributed by atoms with Crippen LogP contribution in [0, 0.1) is 5.92 Å². The fourth-order valence-corrected chi connectivity index (χ4v) is 3.38. The molecule has 1 aromatic carbocycles. The largest absolute Gasteiger partial charge is 0.494 e. The Kier molecular flexibility index (Phi) is 6.07. The quantitative estimate of drug-likeness (QED) is 0.832. The van der Waals surface area contributed by atoms with E-state index < -0.39 is 0 Å². The average Bonchev–Trinajstić information content (AvgIpc) is 2.90. The molecule has 1 aliphatic rings. The third kappa shape index (κ3) is 3.98. The van der Waals surface area contributed by atoms with E-state index in [9.17, 15) is 0 Å². The lowest BCUT2D eigenvalue weighted by Crippen LogP contribution is -2.33. The fraction of sp³-hybridized carbons (Fsp3) is 0.667. The number of nitrogens with zero attached hydrogens (tertiary/aromatic N) is 1. The SMILES string of the molecule is CCCOc1ccc(C2C(CNC)CCN2C(C)C)cc1. The number of hydrogen-bond acceptors (Lipinski definition) is 3. The zero-order chi connectivity index (χ0) is 15.2. The first kappa shape index (κ1) is 16.3. The standard InChI is InChI=1S/C18H30N2O/c1-5-12-21-17-8-6-15(7-9-17)18-16(13-19-4)10-11-20(18)14(2)3/h6-9,14,16,18-19H,5,10-13H2,1-4H3. The summed E-state index contributed by atoms with van der Waals surface area (Å²) in [5.74, 6) is 1.68. The Labute approximate surface area is 129 Å². The molecule has 0 radical (unpaired) electrons. The second kappa shape index (κ2) is 7.81. The van der Waals surface area contributed by atoms with E-state index in [1.807, 2.05) is 0 Å². The van der Waals surface area contributed by atoms with Gasteiger partial charge in [-0.25, -0.2) is 0 Å². The molecule has 2 atom stereocenters. The van der Waals surface area contributed by atoms with E-state index in [2.05, 4.69) is 62.3 Å². The first-order valence-electron chi connectivity index (χ1n) is 8.30. The molecule has 1 fully saturated rings. The van der Waals surface area contributed by atoms with Crippen LogP contribution >= 0.6 is 0 Å². The van der Waals surface area contributed by atoms with Crippen LogP contribution in [0.15, 0.2) is 24.3 Å². The summed E-state index contributed by atoms with van der Waals surface area (Å²) < 4.78 is 5.70. The summed E-state index contributed by atoms with van der Waals surface area (Å²) in [4.78, 5) is 2.63. The van der Waals surface area contributed by atoms with Crippen LogP contribution in [0.3, 0.4) is 0 Å². The van der Waals surface area contributed by atoms with Crippen molar-refractivity contribution in [1.82, 2.24) is 10.2 Å². The summed E-state index contributed by atoms with van der Waals surface area (Å²) in [6, 6.07) is 9.86. The molecule has 3 nitrogen and oxygen atoms in total. The molecule has 2 rings (SSSR count). The van der Waals surface area contributed by atoms with Crippen molar-refractivity contribution in [3.05, 3.63) is 29.8 Å². The van der Waals surface area contributed by atoms with Crippen LogP contribution in [0.1, 0.15) is 45.2 Å². The third-order valence-corrected chi connectivity index (χ3v) is 4.39. The van der Waals surface area contributed by atoms with Crippen LogP contribution in [0.2, 0.25) is 0 Å². The molecule has 1 saturated heterocycles. The van der Waals surface area contributed by atoms with Crippen molar-refractivity contribution in [2.45, 2.75) is 45.7 Å². The summed E-state index contributed by atoms with van der Waals surface area (Å²) in [7, 11) is 2.05. The maximum absolute atomic E-state index is 5.70. The highest BCUT2D eigenvalue weighted by Gasteiger charge is 2.35. The molecule has 3 heteroatoms. The molecule has 0 amide bonds. The highest BCUT2D eigenvalue weighted by molar-refractivity contribution is 5.30. The second-order valence-electron chi connectivity index (χ2n) is 6.30. The van der Waals surface area contributed by atoms with Gasteiger partial charge in [-0.2, -0.15) is 0 Å². The first-order valence-corrected chi connectivity index (χ1v) is 8.30. The number of nitrogens with one attached hydrogen (secondary N) is 1. The lowest BCUT2D eigenvalue weighted by atomic mass is 9.93. The number of rotatable bonds is 7. The van der Waals surface area contributed by atoms with Gasteiger partial charge in [0.05, 0.1) is 6.61 Å². The lowest BCUT2D eigenvalue weighted by Gasteiger charge is -2.31. The van der Waals surface area contributed by atoms with Crippen LogP contribution in [0.4, 0.5) is 0 Å². The van der Waals surface area contributed by atoms with Crippen molar-refractivity contribution in [2.24, 2.45) is 5.92 Å². The third-order valence-electron chi connectivity index (χ3n) is 4.39. The van der Waals surface area contributed by atoms with Crippen molar-refractivity contribution in [3.63, 3.8) is 0 Å². The lowest BCUT2D eigenvalue weighted by molar-refractivity contribution is 0.182. The molecule has 0 aliphatic carbocycles. The zero-order valence-electron chi connectivity index (χ0n) is 13.9. The maximum atomic E-state index is 5.70. The number of benzene rings is 1. The van der Waals surface area contributed by atoms with E-state index in [0.717, 1.165) is 25.3 Å². The smallest absolute Gasteiger partial charge is 0.119 e. The second-order valence-corrected chi connectivity index (χ2v) is 6.30. The van der Waals surface area contributed by atoms with Crippen LogP contribution in [0.25, 0.3) is 0 Å². The van der Waals surface area contributed by atoms with E-state index in [1.54, 1.807) is 0 Å². The van der Waals surface area contributed by atoms with Gasteiger partial charge in [-0.15, -0.1) is 0 Å². The van der Waals surface area contributed by atoms with Gasteiger partial charge in [-0.1, -0.05) is 19.1 Å². The zero-order valence-corrected chi connectivity index (χ0v) is 13.9. The minimum absolute atomic E-state index is 0.526. The van der Waals surface area contributed by atoms with E-state index >= 15 is 0 Å². The van der Waals surface area contributed by atoms with Gasteiger partial charge in [0.25, 0.3) is 0 Å². The summed E-state index contributed by atoms with van der Waals surface area (Å²) in [5.41, 5.74) is 1.42. The van der Waals surface area contributed by atoms with Gasteiger partial charge in [0.15, 0.2) is 0 Å². The van der Waals surface area contributed by atoms with Crippen molar-refractivity contribution in [3.8, 4) is 5.75 Å². The molecular formula is C18H30N2O. The molecule has 0 bridgehead atoms. The Morgan fingerprint density at radius 3 is 2.57 bits per heavy atom.